The number of rotatable bonds is 7. The smallest absolute Gasteiger partial charge is 0.416 e. The molecular weight excluding hydrogens is 541 g/mol. The number of ether oxygens (including phenoxy) is 1. The van der Waals surface area contributed by atoms with Crippen LogP contribution < -0.4 is 5.32 Å². The number of hydrogen-bond donors (Lipinski definition) is 2. The van der Waals surface area contributed by atoms with Crippen molar-refractivity contribution in [2.75, 3.05) is 5.32 Å². The second-order valence-corrected chi connectivity index (χ2v) is 15.1. The zero-order valence-corrected chi connectivity index (χ0v) is 26.4. The molecule has 0 aromatic heterocycles. The molecule has 4 nitrogen and oxygen atoms in total. The molecule has 6 heteroatoms. The van der Waals surface area contributed by atoms with Gasteiger partial charge in [-0.15, -0.1) is 0 Å². The Kier molecular flexibility index (Phi) is 9.08. The van der Waals surface area contributed by atoms with Crippen LogP contribution in [0.4, 0.5) is 10.5 Å². The van der Waals surface area contributed by atoms with Crippen LogP contribution in [0.15, 0.2) is 24.0 Å². The van der Waals surface area contributed by atoms with Crippen molar-refractivity contribution in [2.45, 2.75) is 111 Å². The van der Waals surface area contributed by atoms with Crippen LogP contribution in [-0.2, 0) is 4.74 Å². The standard InChI is InChI=1S/C34H49Cl2NO3/c1-21(20-40-32(39)37-24-18-29(35)31(38)30(36)19-24)8-7-9-22(2)26-13-14-27-25-12-11-23-10-5-6-16-33(23,3)28(25)15-17-34(26,27)4/h18-20,22-23,25-28,38H,5-17H2,1-4H3,(H,37,39)/t22-,23?,25+,26-,27+,28+,33+,34-/m1/s1. The molecule has 4 aliphatic carbocycles. The molecule has 4 saturated carbocycles. The summed E-state index contributed by atoms with van der Waals surface area (Å²) < 4.78 is 5.30. The quantitative estimate of drug-likeness (QED) is 0.245. The first kappa shape index (κ1) is 30.1. The van der Waals surface area contributed by atoms with Crippen LogP contribution in [0.1, 0.15) is 111 Å². The fourth-order valence-electron chi connectivity index (χ4n) is 10.2. The van der Waals surface area contributed by atoms with Gasteiger partial charge in [0.25, 0.3) is 0 Å². The van der Waals surface area contributed by atoms with Crippen LogP contribution in [0.3, 0.4) is 0 Å². The number of anilines is 1. The first-order valence-electron chi connectivity index (χ1n) is 15.8. The number of fused-ring (bicyclic) bond motifs is 5. The van der Waals surface area contributed by atoms with Gasteiger partial charge in [-0.1, -0.05) is 63.2 Å². The van der Waals surface area contributed by atoms with E-state index in [1.54, 1.807) is 6.26 Å². The second-order valence-electron chi connectivity index (χ2n) is 14.3. The van der Waals surface area contributed by atoms with E-state index in [4.69, 9.17) is 27.9 Å². The fourth-order valence-corrected chi connectivity index (χ4v) is 10.7. The molecule has 0 heterocycles. The Bertz CT molecular complexity index is 1100. The van der Waals surface area contributed by atoms with Gasteiger partial charge in [-0.2, -0.15) is 0 Å². The fraction of sp³-hybridized carbons (Fsp3) is 0.735. The van der Waals surface area contributed by atoms with Crippen LogP contribution in [-0.4, -0.2) is 11.2 Å². The number of amides is 1. The second kappa shape index (κ2) is 12.1. The highest BCUT2D eigenvalue weighted by atomic mass is 35.5. The van der Waals surface area contributed by atoms with Crippen molar-refractivity contribution < 1.29 is 14.6 Å². The summed E-state index contributed by atoms with van der Waals surface area (Å²) in [5.74, 6) is 5.25. The Morgan fingerprint density at radius 1 is 1.05 bits per heavy atom. The third-order valence-corrected chi connectivity index (χ3v) is 12.8. The molecule has 222 valence electrons. The van der Waals surface area contributed by atoms with Gasteiger partial charge in [0.05, 0.1) is 16.3 Å². The van der Waals surface area contributed by atoms with E-state index in [-0.39, 0.29) is 15.8 Å². The lowest BCUT2D eigenvalue weighted by atomic mass is 9.44. The summed E-state index contributed by atoms with van der Waals surface area (Å²) in [6.07, 6.45) is 18.9. The molecule has 40 heavy (non-hydrogen) atoms. The predicted molar refractivity (Wildman–Crippen MR) is 165 cm³/mol. The Morgan fingerprint density at radius 2 is 1.77 bits per heavy atom. The van der Waals surface area contributed by atoms with Crippen LogP contribution in [0, 0.1) is 46.3 Å². The van der Waals surface area contributed by atoms with Gasteiger partial charge >= 0.3 is 6.09 Å². The summed E-state index contributed by atoms with van der Waals surface area (Å²) >= 11 is 11.9. The average Bonchev–Trinajstić information content (AvgIpc) is 3.27. The SMILES string of the molecule is CC(=COC(=O)Nc1cc(Cl)c(O)c(Cl)c1)CCC[C@@H](C)[C@H]1CC[C@H]2[C@@H]3CCC4CCCC[C@]4(C)[C@H]3CC[C@]12C. The lowest BCUT2D eigenvalue weighted by molar-refractivity contribution is -0.114. The van der Waals surface area contributed by atoms with E-state index in [1.807, 2.05) is 6.92 Å². The summed E-state index contributed by atoms with van der Waals surface area (Å²) in [4.78, 5) is 12.2. The molecule has 0 spiro atoms. The number of nitrogens with one attached hydrogen (secondary N) is 1. The minimum Gasteiger partial charge on any atom is -0.505 e. The topological polar surface area (TPSA) is 58.6 Å². The molecule has 0 saturated heterocycles. The molecule has 5 rings (SSSR count). The lowest BCUT2D eigenvalue weighted by Gasteiger charge is -2.61. The molecule has 1 amide bonds. The number of phenolic OH excluding ortho intramolecular Hbond substituents is 1. The normalized spacial score (nSPS) is 36.2. The van der Waals surface area contributed by atoms with Crippen molar-refractivity contribution in [3.63, 3.8) is 0 Å². The first-order valence-corrected chi connectivity index (χ1v) is 16.6. The van der Waals surface area contributed by atoms with Crippen molar-refractivity contribution in [1.29, 1.82) is 0 Å². The molecule has 0 bridgehead atoms. The number of halogens is 2. The highest BCUT2D eigenvalue weighted by Gasteiger charge is 2.60. The zero-order valence-electron chi connectivity index (χ0n) is 24.9. The Balaban J connectivity index is 1.10. The minimum absolute atomic E-state index is 0.0741. The van der Waals surface area contributed by atoms with E-state index in [2.05, 4.69) is 26.1 Å². The van der Waals surface area contributed by atoms with E-state index in [1.165, 1.54) is 82.8 Å². The number of carbonyl (C=O) groups excluding carboxylic acids is 1. The molecule has 2 N–H and O–H groups in total. The van der Waals surface area contributed by atoms with Gasteiger partial charge in [0.2, 0.25) is 0 Å². The van der Waals surface area contributed by atoms with E-state index >= 15 is 0 Å². The maximum absolute atomic E-state index is 12.2. The summed E-state index contributed by atoms with van der Waals surface area (Å²) in [6.45, 7) is 9.87. The summed E-state index contributed by atoms with van der Waals surface area (Å²) in [5.41, 5.74) is 2.57. The molecule has 4 aliphatic rings. The molecule has 1 aromatic carbocycles. The van der Waals surface area contributed by atoms with Crippen molar-refractivity contribution in [3.8, 4) is 5.75 Å². The van der Waals surface area contributed by atoms with Crippen molar-refractivity contribution in [1.82, 2.24) is 0 Å². The van der Waals surface area contributed by atoms with Gasteiger partial charge in [0.1, 0.15) is 0 Å². The summed E-state index contributed by atoms with van der Waals surface area (Å²) in [7, 11) is 0. The lowest BCUT2D eigenvalue weighted by Crippen LogP contribution is -2.53. The Morgan fingerprint density at radius 3 is 2.52 bits per heavy atom. The third kappa shape index (κ3) is 5.78. The number of allylic oxidation sites excluding steroid dienone is 1. The molecule has 1 unspecified atom stereocenters. The molecule has 4 fully saturated rings. The summed E-state index contributed by atoms with van der Waals surface area (Å²) in [5, 5.41) is 12.4. The Labute approximate surface area is 251 Å². The highest BCUT2D eigenvalue weighted by molar-refractivity contribution is 6.37. The maximum Gasteiger partial charge on any atom is 0.416 e. The van der Waals surface area contributed by atoms with E-state index in [0.717, 1.165) is 53.9 Å². The van der Waals surface area contributed by atoms with Crippen LogP contribution in [0.2, 0.25) is 10.0 Å². The average molecular weight is 591 g/mol. The number of aromatic hydroxyl groups is 1. The number of phenols is 1. The molecule has 0 aliphatic heterocycles. The zero-order chi connectivity index (χ0) is 28.7. The highest BCUT2D eigenvalue weighted by Crippen LogP contribution is 2.68. The van der Waals surface area contributed by atoms with Gasteiger partial charge < -0.3 is 9.84 Å². The van der Waals surface area contributed by atoms with Gasteiger partial charge in [-0.05, 0) is 135 Å². The minimum atomic E-state index is -0.609. The van der Waals surface area contributed by atoms with Crippen molar-refractivity contribution in [2.24, 2.45) is 46.3 Å². The van der Waals surface area contributed by atoms with E-state index in [0.29, 0.717) is 16.5 Å². The predicted octanol–water partition coefficient (Wildman–Crippen LogP) is 11.0. The van der Waals surface area contributed by atoms with Crippen molar-refractivity contribution >= 4 is 35.0 Å². The molecule has 0 radical (unpaired) electrons. The van der Waals surface area contributed by atoms with Gasteiger partial charge in [0.15, 0.2) is 5.75 Å². The Hall–Kier alpha value is -1.39. The van der Waals surface area contributed by atoms with Crippen molar-refractivity contribution in [3.05, 3.63) is 34.0 Å². The summed E-state index contributed by atoms with van der Waals surface area (Å²) in [6, 6.07) is 2.87. The van der Waals surface area contributed by atoms with Gasteiger partial charge in [-0.3, -0.25) is 5.32 Å². The van der Waals surface area contributed by atoms with Crippen LogP contribution >= 0.6 is 23.2 Å². The van der Waals surface area contributed by atoms with E-state index < -0.39 is 6.09 Å². The number of hydrogen-bond acceptors (Lipinski definition) is 3. The van der Waals surface area contributed by atoms with Crippen LogP contribution in [0.5, 0.6) is 5.75 Å². The van der Waals surface area contributed by atoms with Gasteiger partial charge in [0, 0.05) is 5.69 Å². The maximum atomic E-state index is 12.2. The third-order valence-electron chi connectivity index (χ3n) is 12.2. The molecule has 8 atom stereocenters. The number of carbonyl (C=O) groups is 1. The largest absolute Gasteiger partial charge is 0.505 e. The van der Waals surface area contributed by atoms with E-state index in [9.17, 15) is 9.90 Å². The van der Waals surface area contributed by atoms with Crippen LogP contribution in [0.25, 0.3) is 0 Å². The first-order chi connectivity index (χ1) is 19.0. The molecule has 1 aromatic rings. The van der Waals surface area contributed by atoms with Gasteiger partial charge in [-0.25, -0.2) is 4.79 Å². The molecular formula is C34H49Cl2NO3. The monoisotopic (exact) mass is 589 g/mol. The number of benzene rings is 1.